The lowest BCUT2D eigenvalue weighted by molar-refractivity contribution is 0.591. The Morgan fingerprint density at radius 3 is 2.56 bits per heavy atom. The van der Waals surface area contributed by atoms with E-state index >= 15 is 0 Å². The normalized spacial score (nSPS) is 10.6. The van der Waals surface area contributed by atoms with E-state index in [1.165, 1.54) is 17.8 Å². The topological polar surface area (TPSA) is 12.0 Å². The van der Waals surface area contributed by atoms with Crippen LogP contribution in [0.25, 0.3) is 0 Å². The van der Waals surface area contributed by atoms with E-state index in [-0.39, 0.29) is 5.82 Å². The van der Waals surface area contributed by atoms with Gasteiger partial charge in [-0.25, -0.2) is 4.39 Å². The van der Waals surface area contributed by atoms with Crippen molar-refractivity contribution < 1.29 is 4.39 Å². The maximum atomic E-state index is 13.9. The maximum absolute atomic E-state index is 13.9. The SMILES string of the molecule is CCNCc1cccc(F)c1Sc1ccccc1. The summed E-state index contributed by atoms with van der Waals surface area (Å²) in [5, 5.41) is 3.24. The van der Waals surface area contributed by atoms with Crippen molar-refractivity contribution >= 4 is 11.8 Å². The smallest absolute Gasteiger partial charge is 0.137 e. The second kappa shape index (κ2) is 6.57. The largest absolute Gasteiger partial charge is 0.313 e. The van der Waals surface area contributed by atoms with Crippen LogP contribution in [0, 0.1) is 5.82 Å². The number of nitrogens with one attached hydrogen (secondary N) is 1. The maximum Gasteiger partial charge on any atom is 0.137 e. The number of rotatable bonds is 5. The van der Waals surface area contributed by atoms with E-state index in [2.05, 4.69) is 5.32 Å². The molecule has 3 heteroatoms. The molecule has 0 aliphatic carbocycles. The summed E-state index contributed by atoms with van der Waals surface area (Å²) in [5.74, 6) is -0.153. The molecule has 18 heavy (non-hydrogen) atoms. The lowest BCUT2D eigenvalue weighted by Crippen LogP contribution is -2.12. The van der Waals surface area contributed by atoms with Crippen LogP contribution in [0.1, 0.15) is 12.5 Å². The van der Waals surface area contributed by atoms with E-state index in [9.17, 15) is 4.39 Å². The van der Waals surface area contributed by atoms with E-state index in [1.54, 1.807) is 6.07 Å². The first-order chi connectivity index (χ1) is 8.81. The fourth-order valence-corrected chi connectivity index (χ4v) is 2.64. The van der Waals surface area contributed by atoms with Gasteiger partial charge in [-0.3, -0.25) is 0 Å². The molecule has 0 saturated heterocycles. The van der Waals surface area contributed by atoms with Crippen molar-refractivity contribution in [3.05, 3.63) is 59.9 Å². The predicted octanol–water partition coefficient (Wildman–Crippen LogP) is 4.09. The summed E-state index contributed by atoms with van der Waals surface area (Å²) in [5.41, 5.74) is 1.01. The molecule has 0 bridgehead atoms. The van der Waals surface area contributed by atoms with Gasteiger partial charge in [0, 0.05) is 11.4 Å². The molecular weight excluding hydrogens is 245 g/mol. The zero-order valence-electron chi connectivity index (χ0n) is 10.3. The molecular formula is C15H16FNS. The second-order valence-electron chi connectivity index (χ2n) is 3.92. The van der Waals surface area contributed by atoms with Gasteiger partial charge in [-0.2, -0.15) is 0 Å². The molecule has 2 aromatic rings. The molecule has 0 fully saturated rings. The first-order valence-corrected chi connectivity index (χ1v) is 6.84. The highest BCUT2D eigenvalue weighted by Crippen LogP contribution is 2.32. The van der Waals surface area contributed by atoms with E-state index in [4.69, 9.17) is 0 Å². The average molecular weight is 261 g/mol. The van der Waals surface area contributed by atoms with Crippen molar-refractivity contribution in [2.75, 3.05) is 6.54 Å². The Balaban J connectivity index is 2.25. The van der Waals surface area contributed by atoms with Gasteiger partial charge >= 0.3 is 0 Å². The summed E-state index contributed by atoms with van der Waals surface area (Å²) in [4.78, 5) is 1.77. The van der Waals surface area contributed by atoms with Crippen molar-refractivity contribution in [3.63, 3.8) is 0 Å². The minimum absolute atomic E-state index is 0.153. The molecule has 0 unspecified atom stereocenters. The van der Waals surface area contributed by atoms with Crippen molar-refractivity contribution in [3.8, 4) is 0 Å². The Hall–Kier alpha value is -1.32. The Kier molecular flexibility index (Phi) is 4.79. The van der Waals surface area contributed by atoms with Gasteiger partial charge in [-0.05, 0) is 30.3 Å². The molecule has 0 aliphatic rings. The standard InChI is InChI=1S/C15H16FNS/c1-2-17-11-12-7-6-10-14(16)15(12)18-13-8-4-3-5-9-13/h3-10,17H,2,11H2,1H3. The molecule has 0 spiro atoms. The van der Waals surface area contributed by atoms with Crippen LogP contribution in [-0.2, 0) is 6.54 Å². The first-order valence-electron chi connectivity index (χ1n) is 6.02. The molecule has 0 saturated carbocycles. The Morgan fingerprint density at radius 2 is 1.83 bits per heavy atom. The highest BCUT2D eigenvalue weighted by Gasteiger charge is 2.09. The Morgan fingerprint density at radius 1 is 1.06 bits per heavy atom. The van der Waals surface area contributed by atoms with Crippen molar-refractivity contribution in [2.24, 2.45) is 0 Å². The molecule has 0 aliphatic heterocycles. The third kappa shape index (κ3) is 3.34. The van der Waals surface area contributed by atoms with E-state index in [1.807, 2.05) is 43.3 Å². The zero-order chi connectivity index (χ0) is 12.8. The quantitative estimate of drug-likeness (QED) is 0.870. The van der Waals surface area contributed by atoms with Crippen LogP contribution in [0.5, 0.6) is 0 Å². The van der Waals surface area contributed by atoms with Crippen molar-refractivity contribution in [1.29, 1.82) is 0 Å². The Labute approximate surface area is 111 Å². The number of hydrogen-bond acceptors (Lipinski definition) is 2. The molecule has 2 rings (SSSR count). The van der Waals surface area contributed by atoms with Crippen molar-refractivity contribution in [2.45, 2.75) is 23.3 Å². The predicted molar refractivity (Wildman–Crippen MR) is 74.3 cm³/mol. The van der Waals surface area contributed by atoms with Crippen LogP contribution >= 0.6 is 11.8 Å². The number of benzene rings is 2. The summed E-state index contributed by atoms with van der Waals surface area (Å²) < 4.78 is 13.9. The lowest BCUT2D eigenvalue weighted by atomic mass is 10.2. The van der Waals surface area contributed by atoms with Gasteiger partial charge in [0.05, 0.1) is 4.90 Å². The van der Waals surface area contributed by atoms with Gasteiger partial charge in [-0.1, -0.05) is 49.0 Å². The van der Waals surface area contributed by atoms with E-state index < -0.39 is 0 Å². The molecule has 94 valence electrons. The molecule has 0 heterocycles. The number of hydrogen-bond donors (Lipinski definition) is 1. The summed E-state index contributed by atoms with van der Waals surface area (Å²) >= 11 is 1.48. The monoisotopic (exact) mass is 261 g/mol. The molecule has 0 aromatic heterocycles. The van der Waals surface area contributed by atoms with Crippen LogP contribution in [-0.4, -0.2) is 6.54 Å². The van der Waals surface area contributed by atoms with Crippen LogP contribution in [0.15, 0.2) is 58.3 Å². The average Bonchev–Trinajstić information content (AvgIpc) is 2.41. The highest BCUT2D eigenvalue weighted by molar-refractivity contribution is 7.99. The molecule has 1 nitrogen and oxygen atoms in total. The minimum Gasteiger partial charge on any atom is -0.313 e. The van der Waals surface area contributed by atoms with Gasteiger partial charge in [0.25, 0.3) is 0 Å². The van der Waals surface area contributed by atoms with Gasteiger partial charge in [0.15, 0.2) is 0 Å². The number of halogens is 1. The second-order valence-corrected chi connectivity index (χ2v) is 5.01. The van der Waals surface area contributed by atoms with Crippen LogP contribution in [0.2, 0.25) is 0 Å². The summed E-state index contributed by atoms with van der Waals surface area (Å²) in [6, 6.07) is 15.1. The molecule has 0 radical (unpaired) electrons. The van der Waals surface area contributed by atoms with Gasteiger partial charge in [0.2, 0.25) is 0 Å². The summed E-state index contributed by atoms with van der Waals surface area (Å²) in [6.45, 7) is 3.62. The molecule has 1 N–H and O–H groups in total. The van der Waals surface area contributed by atoms with Crippen LogP contribution in [0.4, 0.5) is 4.39 Å². The molecule has 0 amide bonds. The van der Waals surface area contributed by atoms with Gasteiger partial charge in [0.1, 0.15) is 5.82 Å². The van der Waals surface area contributed by atoms with Gasteiger partial charge in [-0.15, -0.1) is 0 Å². The first kappa shape index (κ1) is 13.1. The highest BCUT2D eigenvalue weighted by atomic mass is 32.2. The van der Waals surface area contributed by atoms with Crippen LogP contribution in [0.3, 0.4) is 0 Å². The fourth-order valence-electron chi connectivity index (χ4n) is 1.67. The third-order valence-electron chi connectivity index (χ3n) is 2.58. The molecule has 2 aromatic carbocycles. The lowest BCUT2D eigenvalue weighted by Gasteiger charge is -2.10. The van der Waals surface area contributed by atoms with Crippen molar-refractivity contribution in [1.82, 2.24) is 5.32 Å². The summed E-state index contributed by atoms with van der Waals surface area (Å²) in [6.07, 6.45) is 0. The van der Waals surface area contributed by atoms with E-state index in [0.29, 0.717) is 11.4 Å². The zero-order valence-corrected chi connectivity index (χ0v) is 11.1. The summed E-state index contributed by atoms with van der Waals surface area (Å²) in [7, 11) is 0. The van der Waals surface area contributed by atoms with Gasteiger partial charge < -0.3 is 5.32 Å². The minimum atomic E-state index is -0.153. The van der Waals surface area contributed by atoms with E-state index in [0.717, 1.165) is 17.0 Å². The molecule has 0 atom stereocenters. The third-order valence-corrected chi connectivity index (χ3v) is 3.75. The fraction of sp³-hybridized carbons (Fsp3) is 0.200. The van der Waals surface area contributed by atoms with Crippen LogP contribution < -0.4 is 5.32 Å². The Bertz CT molecular complexity index is 499.